The number of hydrogen-bond acceptors (Lipinski definition) is 6. The van der Waals surface area contributed by atoms with E-state index in [2.05, 4.69) is 11.4 Å². The molecular weight excluding hydrogens is 554 g/mol. The quantitative estimate of drug-likeness (QED) is 0.158. The standard InChI is InChI=1S/C33H31NO7S/c1-2-3-19-40-33(37)34-30(20-31(35)36)42(38,39)21-22-11-13-23(14-12-22)24-15-17-25(18-16-24)26-8-6-9-28-27-7-4-5-10-29(27)41-32(26)28/h4-18,30H,2-3,19-21H2,1H3,(H,34,37)(H,35,36). The zero-order chi connectivity index (χ0) is 29.7. The number of carbonyl (C=O) groups is 2. The molecule has 0 aliphatic heterocycles. The molecule has 0 bridgehead atoms. The van der Waals surface area contributed by atoms with Crippen molar-refractivity contribution in [2.75, 3.05) is 6.61 Å². The second-order valence-electron chi connectivity index (χ2n) is 10.1. The summed E-state index contributed by atoms with van der Waals surface area (Å²) >= 11 is 0. The molecule has 8 nitrogen and oxygen atoms in total. The molecule has 0 aliphatic rings. The Balaban J connectivity index is 1.31. The normalized spacial score (nSPS) is 12.3. The lowest BCUT2D eigenvalue weighted by atomic mass is 9.98. The number of alkyl carbamates (subject to hydrolysis) is 1. The first-order chi connectivity index (χ1) is 20.2. The van der Waals surface area contributed by atoms with E-state index in [4.69, 9.17) is 9.15 Å². The van der Waals surface area contributed by atoms with Crippen LogP contribution in [0.4, 0.5) is 4.79 Å². The number of furan rings is 1. The van der Waals surface area contributed by atoms with Gasteiger partial charge >= 0.3 is 12.1 Å². The van der Waals surface area contributed by atoms with Gasteiger partial charge in [-0.2, -0.15) is 0 Å². The highest BCUT2D eigenvalue weighted by atomic mass is 32.2. The lowest BCUT2D eigenvalue weighted by Crippen LogP contribution is -2.43. The molecule has 42 heavy (non-hydrogen) atoms. The van der Waals surface area contributed by atoms with Gasteiger partial charge in [0.15, 0.2) is 9.84 Å². The molecule has 0 fully saturated rings. The Kier molecular flexibility index (Phi) is 8.59. The fourth-order valence-electron chi connectivity index (χ4n) is 4.85. The highest BCUT2D eigenvalue weighted by Crippen LogP contribution is 2.36. The third-order valence-electron chi connectivity index (χ3n) is 7.06. The van der Waals surface area contributed by atoms with E-state index in [-0.39, 0.29) is 6.61 Å². The summed E-state index contributed by atoms with van der Waals surface area (Å²) in [5.41, 5.74) is 6.00. The molecule has 0 saturated carbocycles. The van der Waals surface area contributed by atoms with Crippen LogP contribution in [0.3, 0.4) is 0 Å². The highest BCUT2D eigenvalue weighted by Gasteiger charge is 2.30. The van der Waals surface area contributed by atoms with Crippen LogP contribution < -0.4 is 5.32 Å². The maximum atomic E-state index is 13.0. The fraction of sp³-hybridized carbons (Fsp3) is 0.212. The zero-order valence-electron chi connectivity index (χ0n) is 23.1. The predicted octanol–water partition coefficient (Wildman–Crippen LogP) is 7.16. The van der Waals surface area contributed by atoms with Crippen LogP contribution in [0, 0.1) is 0 Å². The molecule has 1 amide bonds. The minimum absolute atomic E-state index is 0.125. The number of unbranched alkanes of at least 4 members (excludes halogenated alkanes) is 1. The van der Waals surface area contributed by atoms with Crippen molar-refractivity contribution >= 4 is 43.8 Å². The minimum Gasteiger partial charge on any atom is -0.481 e. The molecule has 216 valence electrons. The Labute approximate surface area is 243 Å². The SMILES string of the molecule is CCCCOC(=O)NC(CC(=O)O)S(=O)(=O)Cc1ccc(-c2ccc(-c3cccc4c3oc3ccccc34)cc2)cc1. The number of sulfone groups is 1. The Bertz CT molecular complexity index is 1820. The number of carboxylic acids is 1. The van der Waals surface area contributed by atoms with Gasteiger partial charge in [-0.25, -0.2) is 13.2 Å². The number of benzene rings is 4. The highest BCUT2D eigenvalue weighted by molar-refractivity contribution is 7.91. The average Bonchev–Trinajstić information content (AvgIpc) is 3.36. The lowest BCUT2D eigenvalue weighted by molar-refractivity contribution is -0.137. The largest absolute Gasteiger partial charge is 0.481 e. The van der Waals surface area contributed by atoms with Crippen molar-refractivity contribution in [1.29, 1.82) is 0 Å². The first kappa shape index (κ1) is 28.9. The molecule has 1 atom stereocenters. The van der Waals surface area contributed by atoms with Gasteiger partial charge in [0.25, 0.3) is 0 Å². The number of aliphatic carboxylic acids is 1. The van der Waals surface area contributed by atoms with E-state index in [1.165, 1.54) is 0 Å². The van der Waals surface area contributed by atoms with E-state index in [0.717, 1.165) is 50.6 Å². The van der Waals surface area contributed by atoms with Crippen LogP contribution in [0.2, 0.25) is 0 Å². The summed E-state index contributed by atoms with van der Waals surface area (Å²) < 4.78 is 37.2. The van der Waals surface area contributed by atoms with E-state index < -0.39 is 39.4 Å². The van der Waals surface area contributed by atoms with Gasteiger partial charge in [-0.3, -0.25) is 4.79 Å². The Hall–Kier alpha value is -4.63. The van der Waals surface area contributed by atoms with Gasteiger partial charge in [0.2, 0.25) is 0 Å². The number of rotatable bonds is 11. The average molecular weight is 586 g/mol. The number of fused-ring (bicyclic) bond motifs is 3. The van der Waals surface area contributed by atoms with Crippen LogP contribution in [0.25, 0.3) is 44.2 Å². The molecule has 1 aromatic heterocycles. The number of hydrogen-bond donors (Lipinski definition) is 2. The first-order valence-electron chi connectivity index (χ1n) is 13.7. The molecule has 1 heterocycles. The summed E-state index contributed by atoms with van der Waals surface area (Å²) in [7, 11) is -4.04. The Morgan fingerprint density at radius 3 is 2.19 bits per heavy atom. The molecule has 2 N–H and O–H groups in total. The van der Waals surface area contributed by atoms with Crippen molar-refractivity contribution < 1.29 is 32.3 Å². The van der Waals surface area contributed by atoms with Gasteiger partial charge < -0.3 is 19.6 Å². The van der Waals surface area contributed by atoms with Crippen LogP contribution >= 0.6 is 0 Å². The van der Waals surface area contributed by atoms with Gasteiger partial charge in [-0.15, -0.1) is 0 Å². The van der Waals surface area contributed by atoms with Crippen molar-refractivity contribution in [2.24, 2.45) is 0 Å². The second-order valence-corrected chi connectivity index (χ2v) is 12.3. The summed E-state index contributed by atoms with van der Waals surface area (Å²) in [5.74, 6) is -1.77. The molecule has 0 aliphatic carbocycles. The molecule has 5 rings (SSSR count). The van der Waals surface area contributed by atoms with E-state index >= 15 is 0 Å². The van der Waals surface area contributed by atoms with Crippen molar-refractivity contribution in [3.63, 3.8) is 0 Å². The number of carboxylic acid groups (broad SMARTS) is 1. The predicted molar refractivity (Wildman–Crippen MR) is 163 cm³/mol. The maximum absolute atomic E-state index is 13.0. The topological polar surface area (TPSA) is 123 Å². The van der Waals surface area contributed by atoms with Crippen LogP contribution in [-0.2, 0) is 25.1 Å². The summed E-state index contributed by atoms with van der Waals surface area (Å²) in [5, 5.41) is 12.0. The zero-order valence-corrected chi connectivity index (χ0v) is 23.9. The molecule has 4 aromatic carbocycles. The summed E-state index contributed by atoms with van der Waals surface area (Å²) in [4.78, 5) is 23.3. The Morgan fingerprint density at radius 1 is 0.857 bits per heavy atom. The molecule has 0 spiro atoms. The van der Waals surface area contributed by atoms with Crippen molar-refractivity contribution in [3.8, 4) is 22.3 Å². The number of para-hydroxylation sites is 2. The van der Waals surface area contributed by atoms with E-state index in [1.54, 1.807) is 12.1 Å². The van der Waals surface area contributed by atoms with Crippen molar-refractivity contribution in [3.05, 3.63) is 96.6 Å². The van der Waals surface area contributed by atoms with Crippen LogP contribution in [-0.4, -0.2) is 37.6 Å². The lowest BCUT2D eigenvalue weighted by Gasteiger charge is -2.18. The van der Waals surface area contributed by atoms with Gasteiger partial charge in [0.1, 0.15) is 16.5 Å². The number of carbonyl (C=O) groups excluding carboxylic acids is 1. The summed E-state index contributed by atoms with van der Waals surface area (Å²) in [6.45, 7) is 2.05. The van der Waals surface area contributed by atoms with Gasteiger partial charge in [0.05, 0.1) is 18.8 Å². The molecular formula is C33H31NO7S. The number of ether oxygens (including phenoxy) is 1. The van der Waals surface area contributed by atoms with E-state index in [0.29, 0.717) is 12.0 Å². The van der Waals surface area contributed by atoms with Gasteiger partial charge in [0, 0.05) is 16.3 Å². The van der Waals surface area contributed by atoms with Crippen LogP contribution in [0.1, 0.15) is 31.7 Å². The Morgan fingerprint density at radius 2 is 1.50 bits per heavy atom. The monoisotopic (exact) mass is 585 g/mol. The maximum Gasteiger partial charge on any atom is 0.408 e. The molecule has 0 radical (unpaired) electrons. The van der Waals surface area contributed by atoms with Gasteiger partial charge in [-0.1, -0.05) is 98.3 Å². The smallest absolute Gasteiger partial charge is 0.408 e. The number of amides is 1. The van der Waals surface area contributed by atoms with E-state index in [1.807, 2.05) is 79.7 Å². The van der Waals surface area contributed by atoms with Crippen LogP contribution in [0.5, 0.6) is 0 Å². The molecule has 0 saturated heterocycles. The molecule has 9 heteroatoms. The summed E-state index contributed by atoms with van der Waals surface area (Å²) in [6, 6.07) is 29.1. The molecule has 1 unspecified atom stereocenters. The summed E-state index contributed by atoms with van der Waals surface area (Å²) in [6.07, 6.45) is -0.301. The second kappa shape index (κ2) is 12.5. The first-order valence-corrected chi connectivity index (χ1v) is 15.4. The molecule has 5 aromatic rings. The van der Waals surface area contributed by atoms with Gasteiger partial charge in [-0.05, 0) is 34.7 Å². The van der Waals surface area contributed by atoms with Crippen LogP contribution in [0.15, 0.2) is 95.4 Å². The van der Waals surface area contributed by atoms with E-state index in [9.17, 15) is 23.1 Å². The fourth-order valence-corrected chi connectivity index (χ4v) is 6.38. The van der Waals surface area contributed by atoms with Crippen molar-refractivity contribution in [1.82, 2.24) is 5.32 Å². The van der Waals surface area contributed by atoms with Crippen molar-refractivity contribution in [2.45, 2.75) is 37.3 Å². The third-order valence-corrected chi connectivity index (χ3v) is 8.95. The number of nitrogens with one attached hydrogen (secondary N) is 1. The minimum atomic E-state index is -4.04. The third kappa shape index (κ3) is 6.47.